The number of fused-ring (bicyclic) bond motifs is 1. The first-order chi connectivity index (χ1) is 16.4. The number of methoxy groups -OCH3 is 2. The van der Waals surface area contributed by atoms with Gasteiger partial charge in [-0.1, -0.05) is 0 Å². The smallest absolute Gasteiger partial charge is 0.276 e. The van der Waals surface area contributed by atoms with Gasteiger partial charge in [0.25, 0.3) is 10.2 Å². The summed E-state index contributed by atoms with van der Waals surface area (Å²) in [6, 6.07) is 7.85. The van der Waals surface area contributed by atoms with Crippen molar-refractivity contribution >= 4 is 21.7 Å². The predicted molar refractivity (Wildman–Crippen MR) is 132 cm³/mol. The number of piperidine rings is 1. The fourth-order valence-corrected chi connectivity index (χ4v) is 4.94. The van der Waals surface area contributed by atoms with Gasteiger partial charge in [0.1, 0.15) is 12.0 Å². The average Bonchev–Trinajstić information content (AvgIpc) is 2.88. The van der Waals surface area contributed by atoms with Gasteiger partial charge in [-0.2, -0.15) is 8.42 Å². The summed E-state index contributed by atoms with van der Waals surface area (Å²) in [6.07, 6.45) is 6.04. The minimum absolute atomic E-state index is 0.239. The Hall–Kier alpha value is -2.89. The van der Waals surface area contributed by atoms with Gasteiger partial charge in [0, 0.05) is 50.7 Å². The molecule has 11 heteroatoms. The van der Waals surface area contributed by atoms with E-state index in [-0.39, 0.29) is 6.17 Å². The van der Waals surface area contributed by atoms with Gasteiger partial charge in [-0.25, -0.2) is 14.4 Å². The molecule has 2 aliphatic heterocycles. The van der Waals surface area contributed by atoms with E-state index in [9.17, 15) is 8.42 Å². The number of benzene rings is 1. The van der Waals surface area contributed by atoms with Gasteiger partial charge in [0.15, 0.2) is 11.5 Å². The van der Waals surface area contributed by atoms with E-state index < -0.39 is 10.2 Å². The van der Waals surface area contributed by atoms with Crippen LogP contribution < -0.4 is 24.2 Å². The normalized spacial score (nSPS) is 18.6. The Morgan fingerprint density at radius 2 is 1.79 bits per heavy atom. The van der Waals surface area contributed by atoms with Crippen LogP contribution in [0, 0.1) is 5.92 Å². The standard InChI is InChI=1S/C23H32N6O4S/c1-24-34(30,31)26-11-4-16-7-12-29(13-8-16)23-18-14-20(32-2)21(33-3)15-19(18)27-22(28-23)17-5-9-25-10-6-17/h5-6,9-10,14-16,22,24,26-27H,4,7-8,11-13H2,1-3H3. The Labute approximate surface area is 201 Å². The fraction of sp³-hybridized carbons (Fsp3) is 0.478. The number of pyridine rings is 1. The maximum atomic E-state index is 11.6. The summed E-state index contributed by atoms with van der Waals surface area (Å²) in [5.41, 5.74) is 2.94. The van der Waals surface area contributed by atoms with Crippen molar-refractivity contribution in [3.8, 4) is 11.5 Å². The summed E-state index contributed by atoms with van der Waals surface area (Å²) in [6.45, 7) is 2.13. The second-order valence-corrected chi connectivity index (χ2v) is 10.1. The number of anilines is 1. The molecular formula is C23H32N6O4S. The van der Waals surface area contributed by atoms with Crippen molar-refractivity contribution in [2.24, 2.45) is 10.9 Å². The van der Waals surface area contributed by atoms with E-state index in [2.05, 4.69) is 24.6 Å². The van der Waals surface area contributed by atoms with Crippen molar-refractivity contribution in [1.29, 1.82) is 0 Å². The molecule has 0 aliphatic carbocycles. The Balaban J connectivity index is 1.54. The number of aromatic nitrogens is 1. The first-order valence-corrected chi connectivity index (χ1v) is 12.9. The van der Waals surface area contributed by atoms with Crippen LogP contribution in [0.4, 0.5) is 5.69 Å². The summed E-state index contributed by atoms with van der Waals surface area (Å²) in [5, 5.41) is 3.52. The van der Waals surface area contributed by atoms with Gasteiger partial charge in [0.05, 0.1) is 19.9 Å². The van der Waals surface area contributed by atoms with Crippen molar-refractivity contribution in [3.05, 3.63) is 47.8 Å². The lowest BCUT2D eigenvalue weighted by Crippen LogP contribution is -2.42. The molecule has 0 bridgehead atoms. The van der Waals surface area contributed by atoms with Crippen molar-refractivity contribution in [2.45, 2.75) is 25.4 Å². The lowest BCUT2D eigenvalue weighted by atomic mass is 9.93. The van der Waals surface area contributed by atoms with Crippen LogP contribution in [0.2, 0.25) is 0 Å². The molecule has 0 radical (unpaired) electrons. The number of hydrogen-bond acceptors (Lipinski definition) is 8. The monoisotopic (exact) mass is 488 g/mol. The lowest BCUT2D eigenvalue weighted by molar-refractivity contribution is 0.256. The molecule has 34 heavy (non-hydrogen) atoms. The zero-order chi connectivity index (χ0) is 24.1. The van der Waals surface area contributed by atoms with Crippen molar-refractivity contribution in [1.82, 2.24) is 19.3 Å². The van der Waals surface area contributed by atoms with Crippen LogP contribution in [0.1, 0.15) is 36.6 Å². The van der Waals surface area contributed by atoms with Crippen LogP contribution in [-0.2, 0) is 10.2 Å². The minimum atomic E-state index is -3.39. The lowest BCUT2D eigenvalue weighted by Gasteiger charge is -2.37. The molecule has 3 heterocycles. The average molecular weight is 489 g/mol. The summed E-state index contributed by atoms with van der Waals surface area (Å²) in [7, 11) is 1.27. The highest BCUT2D eigenvalue weighted by Crippen LogP contribution is 2.39. The Kier molecular flexibility index (Phi) is 7.54. The molecule has 0 spiro atoms. The zero-order valence-corrected chi connectivity index (χ0v) is 20.6. The molecule has 1 aromatic heterocycles. The molecule has 10 nitrogen and oxygen atoms in total. The van der Waals surface area contributed by atoms with Gasteiger partial charge in [0.2, 0.25) is 0 Å². The van der Waals surface area contributed by atoms with E-state index in [0.29, 0.717) is 24.0 Å². The molecule has 1 saturated heterocycles. The minimum Gasteiger partial charge on any atom is -0.493 e. The van der Waals surface area contributed by atoms with E-state index >= 15 is 0 Å². The molecule has 1 atom stereocenters. The summed E-state index contributed by atoms with van der Waals surface area (Å²) in [4.78, 5) is 11.5. The van der Waals surface area contributed by atoms with Gasteiger partial charge in [-0.15, -0.1) is 0 Å². The Bertz CT molecular complexity index is 1120. The largest absolute Gasteiger partial charge is 0.493 e. The van der Waals surface area contributed by atoms with Crippen LogP contribution >= 0.6 is 0 Å². The van der Waals surface area contributed by atoms with E-state index in [1.165, 1.54) is 7.05 Å². The first kappa shape index (κ1) is 24.2. The van der Waals surface area contributed by atoms with E-state index in [1.807, 2.05) is 24.3 Å². The molecule has 0 saturated carbocycles. The van der Waals surface area contributed by atoms with Gasteiger partial charge in [-0.05, 0) is 48.9 Å². The molecule has 4 rings (SSSR count). The molecule has 3 N–H and O–H groups in total. The second kappa shape index (κ2) is 10.6. The summed E-state index contributed by atoms with van der Waals surface area (Å²) >= 11 is 0. The number of rotatable bonds is 8. The maximum absolute atomic E-state index is 11.6. The van der Waals surface area contributed by atoms with Crippen LogP contribution in [0.5, 0.6) is 11.5 Å². The van der Waals surface area contributed by atoms with Gasteiger partial charge < -0.3 is 19.7 Å². The molecule has 1 unspecified atom stereocenters. The summed E-state index contributed by atoms with van der Waals surface area (Å²) < 4.78 is 39.1. The third-order valence-corrected chi connectivity index (χ3v) is 7.48. The molecular weight excluding hydrogens is 456 g/mol. The van der Waals surface area contributed by atoms with Crippen LogP contribution in [0.25, 0.3) is 0 Å². The third kappa shape index (κ3) is 5.43. The molecule has 2 aliphatic rings. The van der Waals surface area contributed by atoms with Gasteiger partial charge in [-0.3, -0.25) is 4.98 Å². The number of amidine groups is 1. The zero-order valence-electron chi connectivity index (χ0n) is 19.7. The maximum Gasteiger partial charge on any atom is 0.276 e. The molecule has 1 fully saturated rings. The Morgan fingerprint density at radius 1 is 1.12 bits per heavy atom. The van der Waals surface area contributed by atoms with E-state index in [0.717, 1.165) is 55.0 Å². The Morgan fingerprint density at radius 3 is 2.44 bits per heavy atom. The number of aliphatic imine (C=N–C) groups is 1. The molecule has 0 amide bonds. The predicted octanol–water partition coefficient (Wildman–Crippen LogP) is 2.13. The molecule has 2 aromatic rings. The number of ether oxygens (including phenoxy) is 2. The van der Waals surface area contributed by atoms with Crippen LogP contribution in [0.15, 0.2) is 41.7 Å². The fourth-order valence-electron chi connectivity index (χ4n) is 4.41. The quantitative estimate of drug-likeness (QED) is 0.521. The van der Waals surface area contributed by atoms with Crippen LogP contribution in [-0.4, -0.2) is 65.0 Å². The number of nitrogens with zero attached hydrogens (tertiary/aromatic N) is 3. The SMILES string of the molecule is CNS(=O)(=O)NCCC1CCN(C2=NC(c3ccncc3)Nc3cc(OC)c(OC)cc32)CC1. The third-order valence-electron chi connectivity index (χ3n) is 6.36. The van der Waals surface area contributed by atoms with Crippen molar-refractivity contribution in [2.75, 3.05) is 46.2 Å². The topological polar surface area (TPSA) is 117 Å². The van der Waals surface area contributed by atoms with Crippen LogP contribution in [0.3, 0.4) is 0 Å². The van der Waals surface area contributed by atoms with E-state index in [4.69, 9.17) is 14.5 Å². The highest BCUT2D eigenvalue weighted by Gasteiger charge is 2.30. The van der Waals surface area contributed by atoms with Crippen molar-refractivity contribution < 1.29 is 17.9 Å². The first-order valence-electron chi connectivity index (χ1n) is 11.4. The number of likely N-dealkylation sites (tertiary alicyclic amines) is 1. The van der Waals surface area contributed by atoms with E-state index in [1.54, 1.807) is 26.6 Å². The van der Waals surface area contributed by atoms with Crippen molar-refractivity contribution in [3.63, 3.8) is 0 Å². The number of hydrogen-bond donors (Lipinski definition) is 3. The summed E-state index contributed by atoms with van der Waals surface area (Å²) in [5.74, 6) is 2.70. The molecule has 1 aromatic carbocycles. The molecule has 184 valence electrons. The highest BCUT2D eigenvalue weighted by molar-refractivity contribution is 7.87. The second-order valence-electron chi connectivity index (χ2n) is 8.35. The van der Waals surface area contributed by atoms with Gasteiger partial charge >= 0.3 is 0 Å². The number of nitrogens with one attached hydrogen (secondary N) is 3. The highest BCUT2D eigenvalue weighted by atomic mass is 32.2.